The Morgan fingerprint density at radius 2 is 1.00 bits per heavy atom. The van der Waals surface area contributed by atoms with E-state index in [1.165, 1.54) is 0 Å². The fraction of sp³-hybridized carbons (Fsp3) is 1.00. The van der Waals surface area contributed by atoms with Crippen molar-refractivity contribution >= 4 is 0 Å². The van der Waals surface area contributed by atoms with E-state index < -0.39 is 12.6 Å². The molecule has 0 fully saturated rings. The number of hydrogen-bond donors (Lipinski definition) is 4. The Morgan fingerprint density at radius 1 is 0.692 bits per heavy atom. The maximum atomic E-state index is 8.06. The van der Waals surface area contributed by atoms with Crippen LogP contribution in [-0.2, 0) is 19.6 Å². The second-order valence-corrected chi connectivity index (χ2v) is 2.21. The van der Waals surface area contributed by atoms with E-state index in [-0.39, 0.29) is 12.8 Å². The van der Waals surface area contributed by atoms with Gasteiger partial charge in [0.1, 0.15) is 0 Å². The average Bonchev–Trinajstić information content (AvgIpc) is 2.19. The molecule has 0 bridgehead atoms. The Balaban J connectivity index is 3.41. The summed E-state index contributed by atoms with van der Waals surface area (Å²) in [5, 5.41) is 32.2. The first kappa shape index (κ1) is 12.7. The highest BCUT2D eigenvalue weighted by Gasteiger charge is 2.13. The Hall–Kier alpha value is -0.320. The Labute approximate surface area is 73.5 Å². The molecule has 0 atom stereocenters. The van der Waals surface area contributed by atoms with Gasteiger partial charge in [0.05, 0.1) is 0 Å². The Morgan fingerprint density at radius 3 is 1.23 bits per heavy atom. The monoisotopic (exact) mass is 200 g/mol. The minimum absolute atomic E-state index is 0.135. The maximum absolute atomic E-state index is 8.06. The van der Waals surface area contributed by atoms with E-state index in [9.17, 15) is 0 Å². The third kappa shape index (κ3) is 5.85. The van der Waals surface area contributed by atoms with E-state index in [1.807, 2.05) is 0 Å². The maximum Gasteiger partial charge on any atom is 0.223 e. The van der Waals surface area contributed by atoms with Crippen LogP contribution < -0.4 is 0 Å². The molecule has 0 aromatic rings. The molecular weight excluding hydrogens is 188 g/mol. The van der Waals surface area contributed by atoms with Gasteiger partial charge in [-0.2, -0.15) is 0 Å². The quantitative estimate of drug-likeness (QED) is 0.258. The van der Waals surface area contributed by atoms with Gasteiger partial charge < -0.3 is 0 Å². The normalized spacial score (nSPS) is 11.5. The van der Waals surface area contributed by atoms with Crippen LogP contribution in [-0.4, -0.2) is 33.6 Å². The smallest absolute Gasteiger partial charge is 0.223 e. The molecule has 4 N–H and O–H groups in total. The lowest BCUT2D eigenvalue weighted by molar-refractivity contribution is -0.439. The van der Waals surface area contributed by atoms with Crippen molar-refractivity contribution in [3.8, 4) is 0 Å². The van der Waals surface area contributed by atoms with Crippen molar-refractivity contribution in [2.75, 3.05) is 0 Å². The van der Waals surface area contributed by atoms with Crippen LogP contribution in [0.25, 0.3) is 0 Å². The van der Waals surface area contributed by atoms with Crippen LogP contribution >= 0.6 is 0 Å². The first-order valence-corrected chi connectivity index (χ1v) is 3.49. The zero-order valence-electron chi connectivity index (χ0n) is 6.70. The van der Waals surface area contributed by atoms with Gasteiger partial charge in [0.15, 0.2) is 0 Å². The summed E-state index contributed by atoms with van der Waals surface area (Å²) in [7, 11) is 0. The fourth-order valence-electron chi connectivity index (χ4n) is 0.700. The van der Waals surface area contributed by atoms with Gasteiger partial charge in [-0.05, 0) is 6.42 Å². The summed E-state index contributed by atoms with van der Waals surface area (Å²) < 4.78 is 0. The standard InChI is InChI=1S/C5H12O8/c6-10-4(11-7)2-1-3-5(12-8)13-9/h4-9H,1-3H2. The average molecular weight is 200 g/mol. The van der Waals surface area contributed by atoms with E-state index in [2.05, 4.69) is 19.6 Å². The highest BCUT2D eigenvalue weighted by atomic mass is 17.2. The molecule has 0 aliphatic heterocycles. The largest absolute Gasteiger partial charge is 0.249 e. The molecular formula is C5H12O8. The Bertz CT molecular complexity index is 88.7. The molecule has 80 valence electrons. The van der Waals surface area contributed by atoms with Gasteiger partial charge in [-0.25, -0.2) is 40.6 Å². The van der Waals surface area contributed by atoms with Gasteiger partial charge in [-0.1, -0.05) is 0 Å². The van der Waals surface area contributed by atoms with E-state index in [1.54, 1.807) is 0 Å². The van der Waals surface area contributed by atoms with Crippen molar-refractivity contribution in [1.82, 2.24) is 0 Å². The molecule has 0 rings (SSSR count). The van der Waals surface area contributed by atoms with E-state index in [0.29, 0.717) is 6.42 Å². The summed E-state index contributed by atoms with van der Waals surface area (Å²) in [5.41, 5.74) is 0. The first-order chi connectivity index (χ1) is 6.28. The minimum atomic E-state index is -1.17. The SMILES string of the molecule is OOC(CCCC(OO)OO)OO. The third-order valence-electron chi connectivity index (χ3n) is 1.35. The molecule has 0 amide bonds. The van der Waals surface area contributed by atoms with E-state index >= 15 is 0 Å². The summed E-state index contributed by atoms with van der Waals surface area (Å²) in [5.74, 6) is 0. The van der Waals surface area contributed by atoms with Crippen LogP contribution in [0.2, 0.25) is 0 Å². The minimum Gasteiger partial charge on any atom is -0.249 e. The van der Waals surface area contributed by atoms with Gasteiger partial charge in [-0.3, -0.25) is 0 Å². The van der Waals surface area contributed by atoms with E-state index in [0.717, 1.165) is 0 Å². The third-order valence-corrected chi connectivity index (χ3v) is 1.35. The molecule has 0 heterocycles. The van der Waals surface area contributed by atoms with Crippen molar-refractivity contribution in [3.63, 3.8) is 0 Å². The number of hydrogen-bond acceptors (Lipinski definition) is 8. The lowest BCUT2D eigenvalue weighted by atomic mass is 10.2. The fourth-order valence-corrected chi connectivity index (χ4v) is 0.700. The van der Waals surface area contributed by atoms with Crippen LogP contribution in [0.5, 0.6) is 0 Å². The van der Waals surface area contributed by atoms with Crippen LogP contribution in [0.1, 0.15) is 19.3 Å². The summed E-state index contributed by atoms with van der Waals surface area (Å²) in [4.78, 5) is 14.7. The molecule has 13 heavy (non-hydrogen) atoms. The van der Waals surface area contributed by atoms with Crippen LogP contribution in [0.3, 0.4) is 0 Å². The topological polar surface area (TPSA) is 118 Å². The van der Waals surface area contributed by atoms with Gasteiger partial charge in [0.25, 0.3) is 0 Å². The van der Waals surface area contributed by atoms with Crippen LogP contribution in [0.15, 0.2) is 0 Å². The molecule has 0 aromatic carbocycles. The van der Waals surface area contributed by atoms with Gasteiger partial charge in [0, 0.05) is 12.8 Å². The van der Waals surface area contributed by atoms with Crippen molar-refractivity contribution in [2.24, 2.45) is 0 Å². The predicted octanol–water partition coefficient (Wildman–Crippen LogP) is 0.767. The second kappa shape index (κ2) is 8.29. The van der Waals surface area contributed by atoms with Crippen molar-refractivity contribution in [2.45, 2.75) is 31.8 Å². The Kier molecular flexibility index (Phi) is 8.08. The number of rotatable bonds is 8. The molecule has 0 aliphatic carbocycles. The van der Waals surface area contributed by atoms with Crippen molar-refractivity contribution in [1.29, 1.82) is 0 Å². The first-order valence-electron chi connectivity index (χ1n) is 3.49. The summed E-state index contributed by atoms with van der Waals surface area (Å²) in [6.45, 7) is 0. The van der Waals surface area contributed by atoms with Crippen molar-refractivity contribution < 1.29 is 40.6 Å². The highest BCUT2D eigenvalue weighted by molar-refractivity contribution is 4.46. The lowest BCUT2D eigenvalue weighted by Crippen LogP contribution is -2.17. The molecule has 0 aliphatic rings. The van der Waals surface area contributed by atoms with Gasteiger partial charge in [-0.15, -0.1) is 0 Å². The molecule has 0 saturated carbocycles. The van der Waals surface area contributed by atoms with E-state index in [4.69, 9.17) is 21.0 Å². The molecule has 0 unspecified atom stereocenters. The molecule has 0 saturated heterocycles. The molecule has 0 aromatic heterocycles. The van der Waals surface area contributed by atoms with Gasteiger partial charge >= 0.3 is 0 Å². The predicted molar refractivity (Wildman–Crippen MR) is 36.3 cm³/mol. The van der Waals surface area contributed by atoms with Gasteiger partial charge in [0.2, 0.25) is 12.6 Å². The zero-order valence-corrected chi connectivity index (χ0v) is 6.70. The molecule has 8 nitrogen and oxygen atoms in total. The second-order valence-electron chi connectivity index (χ2n) is 2.21. The summed E-state index contributed by atoms with van der Waals surface area (Å²) >= 11 is 0. The highest BCUT2D eigenvalue weighted by Crippen LogP contribution is 2.08. The zero-order chi connectivity index (χ0) is 10.1. The van der Waals surface area contributed by atoms with Crippen molar-refractivity contribution in [3.05, 3.63) is 0 Å². The van der Waals surface area contributed by atoms with Crippen LogP contribution in [0, 0.1) is 0 Å². The molecule has 0 radical (unpaired) electrons. The summed E-state index contributed by atoms with van der Waals surface area (Å²) in [6.07, 6.45) is -1.75. The lowest BCUT2D eigenvalue weighted by Gasteiger charge is -2.11. The molecule has 8 heteroatoms. The van der Waals surface area contributed by atoms with Crippen LogP contribution in [0.4, 0.5) is 0 Å². The summed E-state index contributed by atoms with van der Waals surface area (Å²) in [6, 6.07) is 0. The molecule has 0 spiro atoms.